The molecule has 0 spiro atoms. The van der Waals surface area contributed by atoms with Crippen LogP contribution in [-0.2, 0) is 4.79 Å². The second kappa shape index (κ2) is 6.09. The number of benzene rings is 1. The summed E-state index contributed by atoms with van der Waals surface area (Å²) in [5.41, 5.74) is 2.56. The minimum absolute atomic E-state index is 0.0283. The van der Waals surface area contributed by atoms with Gasteiger partial charge < -0.3 is 0 Å². The first-order valence-electron chi connectivity index (χ1n) is 6.16. The van der Waals surface area contributed by atoms with Crippen LogP contribution in [-0.4, -0.2) is 25.6 Å². The minimum Gasteiger partial charge on any atom is -0.294 e. The molecule has 9 heteroatoms. The van der Waals surface area contributed by atoms with Gasteiger partial charge in [0.2, 0.25) is 5.91 Å². The normalized spacial score (nSPS) is 11.9. The van der Waals surface area contributed by atoms with Crippen LogP contribution in [0.1, 0.15) is 19.4 Å². The lowest BCUT2D eigenvalue weighted by molar-refractivity contribution is -0.384. The van der Waals surface area contributed by atoms with E-state index in [0.717, 1.165) is 0 Å². The Labute approximate surface area is 119 Å². The lowest BCUT2D eigenvalue weighted by Gasteiger charge is -2.09. The number of aromatic nitrogens is 3. The molecule has 0 radical (unpaired) electrons. The molecule has 0 saturated heterocycles. The second-order valence-corrected chi connectivity index (χ2v) is 4.48. The van der Waals surface area contributed by atoms with Crippen molar-refractivity contribution in [2.24, 2.45) is 5.84 Å². The topological polar surface area (TPSA) is 129 Å². The summed E-state index contributed by atoms with van der Waals surface area (Å²) in [5.74, 6) is 5.08. The largest absolute Gasteiger partial charge is 0.294 e. The van der Waals surface area contributed by atoms with E-state index in [1.165, 1.54) is 23.1 Å². The summed E-state index contributed by atoms with van der Waals surface area (Å²) in [6.45, 7) is 1.79. The van der Waals surface area contributed by atoms with E-state index in [0.29, 0.717) is 11.4 Å². The molecule has 1 atom stereocenters. The molecule has 0 bridgehead atoms. The molecule has 1 aromatic carbocycles. The third kappa shape index (κ3) is 3.39. The summed E-state index contributed by atoms with van der Waals surface area (Å²) in [7, 11) is 0. The average Bonchev–Trinajstić information content (AvgIpc) is 2.97. The zero-order valence-corrected chi connectivity index (χ0v) is 11.3. The Morgan fingerprint density at radius 1 is 1.57 bits per heavy atom. The maximum Gasteiger partial charge on any atom is 0.270 e. The summed E-state index contributed by atoms with van der Waals surface area (Å²) in [6, 6.07) is 5.82. The van der Waals surface area contributed by atoms with Gasteiger partial charge in [-0.15, -0.1) is 0 Å². The molecule has 2 rings (SSSR count). The summed E-state index contributed by atoms with van der Waals surface area (Å²) in [4.78, 5) is 25.6. The number of nitro benzene ring substituents is 1. The number of carbonyl (C=O) groups is 1. The van der Waals surface area contributed by atoms with Gasteiger partial charge in [0.15, 0.2) is 5.82 Å². The molecule has 21 heavy (non-hydrogen) atoms. The van der Waals surface area contributed by atoms with E-state index in [1.54, 1.807) is 19.1 Å². The molecular formula is C12H14N6O3. The molecule has 9 nitrogen and oxygen atoms in total. The van der Waals surface area contributed by atoms with Crippen molar-refractivity contribution >= 4 is 11.6 Å². The first-order valence-corrected chi connectivity index (χ1v) is 6.16. The van der Waals surface area contributed by atoms with Gasteiger partial charge in [0.25, 0.3) is 5.69 Å². The number of nitrogens with zero attached hydrogens (tertiary/aromatic N) is 4. The van der Waals surface area contributed by atoms with Crippen molar-refractivity contribution in [1.29, 1.82) is 0 Å². The van der Waals surface area contributed by atoms with Gasteiger partial charge in [0.05, 0.1) is 17.4 Å². The fourth-order valence-corrected chi connectivity index (χ4v) is 1.80. The Bertz CT molecular complexity index is 669. The van der Waals surface area contributed by atoms with E-state index in [2.05, 4.69) is 10.1 Å². The Morgan fingerprint density at radius 3 is 3.00 bits per heavy atom. The number of carbonyl (C=O) groups excluding carboxylic acids is 1. The lowest BCUT2D eigenvalue weighted by atomic mass is 10.2. The standard InChI is InChI=1S/C12H14N6O3/c1-8(5-11(19)15-13)17-7-14-12(16-17)9-3-2-4-10(6-9)18(20)21/h2-4,6-8H,5,13H2,1H3,(H,15,19). The first kappa shape index (κ1) is 14.6. The molecule has 0 aliphatic carbocycles. The van der Waals surface area contributed by atoms with Crippen molar-refractivity contribution in [2.75, 3.05) is 0 Å². The molecule has 0 fully saturated rings. The number of hydrogen-bond acceptors (Lipinski definition) is 6. The van der Waals surface area contributed by atoms with Crippen molar-refractivity contribution in [2.45, 2.75) is 19.4 Å². The molecule has 1 heterocycles. The molecule has 1 unspecified atom stereocenters. The summed E-state index contributed by atoms with van der Waals surface area (Å²) in [5, 5.41) is 15.0. The molecule has 3 N–H and O–H groups in total. The maximum atomic E-state index is 11.2. The molecule has 0 aliphatic heterocycles. The van der Waals surface area contributed by atoms with Crippen LogP contribution in [0.5, 0.6) is 0 Å². The number of hydrogen-bond donors (Lipinski definition) is 2. The Kier molecular flexibility index (Phi) is 4.24. The number of nitrogens with one attached hydrogen (secondary N) is 1. The Balaban J connectivity index is 2.21. The molecule has 1 amide bonds. The van der Waals surface area contributed by atoms with Crippen molar-refractivity contribution in [3.05, 3.63) is 40.7 Å². The van der Waals surface area contributed by atoms with Gasteiger partial charge in [0, 0.05) is 17.7 Å². The fourth-order valence-electron chi connectivity index (χ4n) is 1.80. The number of nitrogens with two attached hydrogens (primary N) is 1. The molecule has 2 aromatic rings. The van der Waals surface area contributed by atoms with Crippen LogP contribution in [0.4, 0.5) is 5.69 Å². The van der Waals surface area contributed by atoms with Gasteiger partial charge in [-0.3, -0.25) is 20.3 Å². The third-order valence-electron chi connectivity index (χ3n) is 2.92. The first-order chi connectivity index (χ1) is 10.0. The van der Waals surface area contributed by atoms with Crippen molar-refractivity contribution < 1.29 is 9.72 Å². The van der Waals surface area contributed by atoms with Crippen LogP contribution >= 0.6 is 0 Å². The van der Waals surface area contributed by atoms with Gasteiger partial charge in [-0.25, -0.2) is 15.5 Å². The van der Waals surface area contributed by atoms with E-state index in [9.17, 15) is 14.9 Å². The number of amides is 1. The second-order valence-electron chi connectivity index (χ2n) is 4.48. The van der Waals surface area contributed by atoms with Crippen LogP contribution in [0.25, 0.3) is 11.4 Å². The predicted octanol–water partition coefficient (Wildman–Crippen LogP) is 0.794. The lowest BCUT2D eigenvalue weighted by Crippen LogP contribution is -2.31. The smallest absolute Gasteiger partial charge is 0.270 e. The van der Waals surface area contributed by atoms with E-state index >= 15 is 0 Å². The molecule has 110 valence electrons. The number of nitro groups is 1. The SMILES string of the molecule is CC(CC(=O)NN)n1cnc(-c2cccc([N+](=O)[O-])c2)n1. The Hall–Kier alpha value is -2.81. The van der Waals surface area contributed by atoms with Crippen molar-refractivity contribution in [3.8, 4) is 11.4 Å². The van der Waals surface area contributed by atoms with E-state index in [4.69, 9.17) is 5.84 Å². The van der Waals surface area contributed by atoms with Crippen LogP contribution in [0.2, 0.25) is 0 Å². The number of hydrazine groups is 1. The van der Waals surface area contributed by atoms with Crippen LogP contribution < -0.4 is 11.3 Å². The van der Waals surface area contributed by atoms with Crippen molar-refractivity contribution in [1.82, 2.24) is 20.2 Å². The Morgan fingerprint density at radius 2 is 2.33 bits per heavy atom. The van der Waals surface area contributed by atoms with Gasteiger partial charge in [-0.1, -0.05) is 12.1 Å². The number of non-ortho nitro benzene ring substituents is 1. The summed E-state index contributed by atoms with van der Waals surface area (Å²) < 4.78 is 1.52. The van der Waals surface area contributed by atoms with E-state index < -0.39 is 4.92 Å². The fraction of sp³-hybridized carbons (Fsp3) is 0.250. The van der Waals surface area contributed by atoms with E-state index in [-0.39, 0.29) is 24.1 Å². The highest BCUT2D eigenvalue weighted by Crippen LogP contribution is 2.21. The third-order valence-corrected chi connectivity index (χ3v) is 2.92. The zero-order valence-electron chi connectivity index (χ0n) is 11.3. The van der Waals surface area contributed by atoms with Gasteiger partial charge in [0.1, 0.15) is 6.33 Å². The molecule has 0 aliphatic rings. The molecule has 1 aromatic heterocycles. The van der Waals surface area contributed by atoms with Gasteiger partial charge in [-0.2, -0.15) is 5.10 Å². The molecular weight excluding hydrogens is 276 g/mol. The van der Waals surface area contributed by atoms with Crippen LogP contribution in [0.15, 0.2) is 30.6 Å². The highest BCUT2D eigenvalue weighted by atomic mass is 16.6. The highest BCUT2D eigenvalue weighted by molar-refractivity contribution is 5.75. The highest BCUT2D eigenvalue weighted by Gasteiger charge is 2.14. The minimum atomic E-state index is -0.477. The van der Waals surface area contributed by atoms with Gasteiger partial charge in [-0.05, 0) is 6.92 Å². The quantitative estimate of drug-likeness (QED) is 0.362. The van der Waals surface area contributed by atoms with Crippen molar-refractivity contribution in [3.63, 3.8) is 0 Å². The predicted molar refractivity (Wildman–Crippen MR) is 73.8 cm³/mol. The van der Waals surface area contributed by atoms with Crippen LogP contribution in [0.3, 0.4) is 0 Å². The maximum absolute atomic E-state index is 11.2. The zero-order chi connectivity index (χ0) is 15.4. The summed E-state index contributed by atoms with van der Waals surface area (Å²) >= 11 is 0. The van der Waals surface area contributed by atoms with Crippen LogP contribution in [0, 0.1) is 10.1 Å². The van der Waals surface area contributed by atoms with Gasteiger partial charge >= 0.3 is 0 Å². The monoisotopic (exact) mass is 290 g/mol. The summed E-state index contributed by atoms with van der Waals surface area (Å²) in [6.07, 6.45) is 1.64. The number of rotatable bonds is 5. The molecule has 0 saturated carbocycles. The average molecular weight is 290 g/mol. The van der Waals surface area contributed by atoms with E-state index in [1.807, 2.05) is 5.43 Å².